The first-order valence-electron chi connectivity index (χ1n) is 6.04. The van der Waals surface area contributed by atoms with Gasteiger partial charge in [-0.15, -0.1) is 0 Å². The number of ether oxygens (including phenoxy) is 1. The Labute approximate surface area is 96.5 Å². The summed E-state index contributed by atoms with van der Waals surface area (Å²) in [6, 6.07) is 0. The quantitative estimate of drug-likeness (QED) is 0.641. The second kappa shape index (κ2) is 3.57. The number of hydrogen-bond acceptors (Lipinski definition) is 3. The van der Waals surface area contributed by atoms with Gasteiger partial charge in [-0.2, -0.15) is 0 Å². The molecule has 2 bridgehead atoms. The number of esters is 1. The summed E-state index contributed by atoms with van der Waals surface area (Å²) < 4.78 is 5.28. The molecule has 0 saturated heterocycles. The van der Waals surface area contributed by atoms with Crippen LogP contribution < -0.4 is 0 Å². The van der Waals surface area contributed by atoms with Gasteiger partial charge in [0.2, 0.25) is 0 Å². The smallest absolute Gasteiger partial charge is 0.302 e. The van der Waals surface area contributed by atoms with E-state index in [-0.39, 0.29) is 29.3 Å². The van der Waals surface area contributed by atoms with Gasteiger partial charge in [0, 0.05) is 12.8 Å². The lowest BCUT2D eigenvalue weighted by atomic mass is 9.52. The summed E-state index contributed by atoms with van der Waals surface area (Å²) in [6.45, 7) is 7.88. The first-order valence-corrected chi connectivity index (χ1v) is 6.04. The highest BCUT2D eigenvalue weighted by Gasteiger charge is 2.55. The lowest BCUT2D eigenvalue weighted by molar-refractivity contribution is -0.172. The van der Waals surface area contributed by atoms with Gasteiger partial charge >= 0.3 is 5.97 Å². The number of carbonyl (C=O) groups excluding carboxylic acids is 2. The van der Waals surface area contributed by atoms with E-state index in [0.717, 1.165) is 12.8 Å². The molecule has 90 valence electrons. The van der Waals surface area contributed by atoms with Crippen LogP contribution in [0.25, 0.3) is 0 Å². The molecule has 3 rings (SSSR count). The molecule has 0 unspecified atom stereocenters. The Bertz CT molecular complexity index is 332. The molecule has 4 atom stereocenters. The number of Topliss-reactive ketones (excluding diaryl/α,β-unsaturated/α-hetero) is 1. The third-order valence-electron chi connectivity index (χ3n) is 4.42. The van der Waals surface area contributed by atoms with Gasteiger partial charge in [-0.3, -0.25) is 9.59 Å². The fraction of sp³-hybridized carbons (Fsp3) is 0.846. The molecule has 0 radical (unpaired) electrons. The molecule has 0 aromatic carbocycles. The van der Waals surface area contributed by atoms with E-state index in [1.165, 1.54) is 6.92 Å². The lowest BCUT2D eigenvalue weighted by Crippen LogP contribution is -2.55. The number of ketones is 1. The van der Waals surface area contributed by atoms with Crippen molar-refractivity contribution in [1.82, 2.24) is 0 Å². The van der Waals surface area contributed by atoms with Crippen LogP contribution in [0.4, 0.5) is 0 Å². The third-order valence-corrected chi connectivity index (χ3v) is 4.42. The van der Waals surface area contributed by atoms with E-state index < -0.39 is 0 Å². The molecular formula is C13H20O3. The van der Waals surface area contributed by atoms with Crippen LogP contribution in [0.2, 0.25) is 0 Å². The van der Waals surface area contributed by atoms with Crippen molar-refractivity contribution in [2.24, 2.45) is 23.2 Å². The van der Waals surface area contributed by atoms with Crippen LogP contribution in [0.5, 0.6) is 0 Å². The minimum absolute atomic E-state index is 0.0705. The van der Waals surface area contributed by atoms with Crippen LogP contribution >= 0.6 is 0 Å². The number of rotatable bonds is 1. The molecule has 0 amide bonds. The molecule has 0 aromatic heterocycles. The minimum Gasteiger partial charge on any atom is -0.462 e. The van der Waals surface area contributed by atoms with Crippen molar-refractivity contribution in [2.75, 3.05) is 0 Å². The van der Waals surface area contributed by atoms with Crippen molar-refractivity contribution in [2.45, 2.75) is 46.6 Å². The zero-order valence-electron chi connectivity index (χ0n) is 10.4. The first-order chi connectivity index (χ1) is 7.33. The van der Waals surface area contributed by atoms with E-state index in [0.29, 0.717) is 11.7 Å². The van der Waals surface area contributed by atoms with Gasteiger partial charge in [-0.1, -0.05) is 20.8 Å². The van der Waals surface area contributed by atoms with Gasteiger partial charge < -0.3 is 4.74 Å². The largest absolute Gasteiger partial charge is 0.462 e. The second-order valence-electron chi connectivity index (χ2n) is 5.98. The van der Waals surface area contributed by atoms with Crippen molar-refractivity contribution in [3.05, 3.63) is 0 Å². The summed E-state index contributed by atoms with van der Waals surface area (Å²) in [6.07, 6.45) is 1.54. The van der Waals surface area contributed by atoms with Gasteiger partial charge in [0.15, 0.2) is 0 Å². The predicted octanol–water partition coefficient (Wildman–Crippen LogP) is 2.19. The van der Waals surface area contributed by atoms with Crippen LogP contribution in [0.15, 0.2) is 0 Å². The van der Waals surface area contributed by atoms with Crippen LogP contribution in [-0.2, 0) is 14.3 Å². The minimum atomic E-state index is -0.268. The molecule has 3 heteroatoms. The van der Waals surface area contributed by atoms with Gasteiger partial charge in [0.1, 0.15) is 11.9 Å². The summed E-state index contributed by atoms with van der Waals surface area (Å²) in [4.78, 5) is 23.1. The topological polar surface area (TPSA) is 43.4 Å². The van der Waals surface area contributed by atoms with Gasteiger partial charge in [-0.25, -0.2) is 0 Å². The molecule has 16 heavy (non-hydrogen) atoms. The highest BCUT2D eigenvalue weighted by molar-refractivity contribution is 5.86. The predicted molar refractivity (Wildman–Crippen MR) is 59.7 cm³/mol. The highest BCUT2D eigenvalue weighted by Crippen LogP contribution is 2.53. The maximum atomic E-state index is 12.1. The Balaban J connectivity index is 2.22. The molecular weight excluding hydrogens is 204 g/mol. The molecule has 3 saturated carbocycles. The summed E-state index contributed by atoms with van der Waals surface area (Å²) in [5.74, 6) is 0.437. The molecule has 3 aliphatic rings. The maximum Gasteiger partial charge on any atom is 0.302 e. The second-order valence-corrected chi connectivity index (χ2v) is 5.98. The fourth-order valence-electron chi connectivity index (χ4n) is 3.63. The van der Waals surface area contributed by atoms with Crippen LogP contribution in [0.3, 0.4) is 0 Å². The molecule has 0 N–H and O–H groups in total. The van der Waals surface area contributed by atoms with Crippen LogP contribution in [0, 0.1) is 23.2 Å². The Morgan fingerprint density at radius 1 is 1.44 bits per heavy atom. The Morgan fingerprint density at radius 2 is 2.06 bits per heavy atom. The van der Waals surface area contributed by atoms with Crippen molar-refractivity contribution in [1.29, 1.82) is 0 Å². The van der Waals surface area contributed by atoms with Gasteiger partial charge in [0.25, 0.3) is 0 Å². The van der Waals surface area contributed by atoms with Crippen LogP contribution in [-0.4, -0.2) is 17.9 Å². The lowest BCUT2D eigenvalue weighted by Gasteiger charge is -2.53. The van der Waals surface area contributed by atoms with Crippen LogP contribution in [0.1, 0.15) is 40.5 Å². The summed E-state index contributed by atoms with van der Waals surface area (Å²) in [5.41, 5.74) is 0.203. The standard InChI is InChI=1S/C13H20O3/c1-7-10-5-11(16-8(2)14)9(12(7)15)6-13(10,3)4/h7,9-11H,5-6H2,1-4H3/t7-,9-,10-,11+/m0/s1. The molecule has 0 heterocycles. The third kappa shape index (κ3) is 1.66. The van der Waals surface area contributed by atoms with Crippen molar-refractivity contribution in [3.8, 4) is 0 Å². The Hall–Kier alpha value is -0.860. The zero-order valence-corrected chi connectivity index (χ0v) is 10.4. The van der Waals surface area contributed by atoms with E-state index in [1.54, 1.807) is 0 Å². The normalized spacial score (nSPS) is 40.9. The number of carbonyl (C=O) groups is 2. The number of hydrogen-bond donors (Lipinski definition) is 0. The fourth-order valence-corrected chi connectivity index (χ4v) is 3.63. The maximum absolute atomic E-state index is 12.1. The average Bonchev–Trinajstić information content (AvgIpc) is 2.14. The number of fused-ring (bicyclic) bond motifs is 3. The highest BCUT2D eigenvalue weighted by atomic mass is 16.5. The summed E-state index contributed by atoms with van der Waals surface area (Å²) in [7, 11) is 0. The van der Waals surface area contributed by atoms with E-state index in [1.807, 2.05) is 6.92 Å². The van der Waals surface area contributed by atoms with Crippen molar-refractivity contribution >= 4 is 11.8 Å². The molecule has 3 nitrogen and oxygen atoms in total. The zero-order chi connectivity index (χ0) is 12.1. The van der Waals surface area contributed by atoms with E-state index in [4.69, 9.17) is 4.74 Å². The van der Waals surface area contributed by atoms with Crippen molar-refractivity contribution < 1.29 is 14.3 Å². The molecule has 3 fully saturated rings. The summed E-state index contributed by atoms with van der Waals surface area (Å²) >= 11 is 0. The Kier molecular flexibility index (Phi) is 2.59. The molecule has 0 spiro atoms. The molecule has 0 aliphatic heterocycles. The monoisotopic (exact) mass is 224 g/mol. The van der Waals surface area contributed by atoms with Gasteiger partial charge in [-0.05, 0) is 24.2 Å². The van der Waals surface area contributed by atoms with E-state index in [9.17, 15) is 9.59 Å². The average molecular weight is 224 g/mol. The molecule has 3 aliphatic carbocycles. The van der Waals surface area contributed by atoms with Gasteiger partial charge in [0.05, 0.1) is 5.92 Å². The SMILES string of the molecule is CC(=O)O[C@@H]1C[C@H]2[C@H](C)C(=O)[C@H]1CC2(C)C. The molecule has 0 aromatic rings. The van der Waals surface area contributed by atoms with E-state index in [2.05, 4.69) is 13.8 Å². The van der Waals surface area contributed by atoms with E-state index >= 15 is 0 Å². The summed E-state index contributed by atoms with van der Waals surface area (Å²) in [5, 5.41) is 0. The first kappa shape index (κ1) is 11.6. The Morgan fingerprint density at radius 3 is 2.62 bits per heavy atom. The van der Waals surface area contributed by atoms with Crippen molar-refractivity contribution in [3.63, 3.8) is 0 Å².